The van der Waals surface area contributed by atoms with Gasteiger partial charge in [0.05, 0.1) is 12.7 Å². The lowest BCUT2D eigenvalue weighted by atomic mass is 10.1. The van der Waals surface area contributed by atoms with Crippen molar-refractivity contribution in [3.8, 4) is 17.0 Å². The Morgan fingerprint density at radius 3 is 2.46 bits per heavy atom. The molecule has 0 amide bonds. The number of benzene rings is 2. The molecule has 136 valence electrons. The van der Waals surface area contributed by atoms with E-state index in [1.54, 1.807) is 23.2 Å². The van der Waals surface area contributed by atoms with Crippen molar-refractivity contribution in [2.75, 3.05) is 14.2 Å². The molecule has 26 heavy (non-hydrogen) atoms. The molecule has 0 atom stereocenters. The lowest BCUT2D eigenvalue weighted by Crippen LogP contribution is -2.05. The Kier molecular flexibility index (Phi) is 5.86. The first-order chi connectivity index (χ1) is 12.5. The van der Waals surface area contributed by atoms with E-state index in [4.69, 9.17) is 16.3 Å². The number of nitrogens with zero attached hydrogens (tertiary/aromatic N) is 1. The van der Waals surface area contributed by atoms with Crippen LogP contribution in [0.15, 0.2) is 53.6 Å². The Morgan fingerprint density at radius 1 is 1.15 bits per heavy atom. The Morgan fingerprint density at radius 2 is 1.85 bits per heavy atom. The van der Waals surface area contributed by atoms with Gasteiger partial charge < -0.3 is 10.1 Å². The zero-order valence-corrected chi connectivity index (χ0v) is 15.8. The molecule has 0 fully saturated rings. The molecule has 1 aromatic heterocycles. The molecule has 0 saturated heterocycles. The number of hydrogen-bond acceptors (Lipinski definition) is 3. The third-order valence-electron chi connectivity index (χ3n) is 3.77. The number of aromatic nitrogens is 1. The van der Waals surface area contributed by atoms with Gasteiger partial charge in [-0.1, -0.05) is 23.7 Å². The SMILES string of the molecule is CNCc1cn(Sc2cccc(Cl)c2)c(-c2c(F)cccc2F)c1OC. The van der Waals surface area contributed by atoms with Crippen LogP contribution in [0.2, 0.25) is 5.02 Å². The van der Waals surface area contributed by atoms with Gasteiger partial charge in [0.2, 0.25) is 0 Å². The van der Waals surface area contributed by atoms with Gasteiger partial charge in [-0.3, -0.25) is 3.97 Å². The number of halogens is 3. The molecular formula is C19H17ClF2N2OS. The molecule has 2 aromatic carbocycles. The maximum atomic E-state index is 14.5. The van der Waals surface area contributed by atoms with E-state index in [0.29, 0.717) is 23.0 Å². The van der Waals surface area contributed by atoms with E-state index in [9.17, 15) is 8.78 Å². The van der Waals surface area contributed by atoms with Crippen LogP contribution >= 0.6 is 23.5 Å². The van der Waals surface area contributed by atoms with Crippen molar-refractivity contribution in [1.29, 1.82) is 0 Å². The van der Waals surface area contributed by atoms with Crippen LogP contribution < -0.4 is 10.1 Å². The highest BCUT2D eigenvalue weighted by Gasteiger charge is 2.24. The second-order valence-corrected chi connectivity index (χ2v) is 7.02. The van der Waals surface area contributed by atoms with Crippen molar-refractivity contribution in [3.05, 3.63) is 70.9 Å². The highest BCUT2D eigenvalue weighted by molar-refractivity contribution is 7.98. The summed E-state index contributed by atoms with van der Waals surface area (Å²) in [5.74, 6) is -0.867. The van der Waals surface area contributed by atoms with Crippen LogP contribution in [0.25, 0.3) is 11.3 Å². The minimum Gasteiger partial charge on any atom is -0.494 e. The molecule has 0 aliphatic carbocycles. The van der Waals surface area contributed by atoms with Gasteiger partial charge >= 0.3 is 0 Å². The standard InChI is InChI=1S/C19H17ClF2N2OS/c1-23-10-12-11-24(26-14-6-3-5-13(20)9-14)18(19(12)25-2)17-15(21)7-4-8-16(17)22/h3-9,11,23H,10H2,1-2H3. The first kappa shape index (κ1) is 18.8. The number of hydrogen-bond donors (Lipinski definition) is 1. The summed E-state index contributed by atoms with van der Waals surface area (Å²) in [5.41, 5.74) is 1.00. The lowest BCUT2D eigenvalue weighted by molar-refractivity contribution is 0.410. The Labute approximate surface area is 160 Å². The second-order valence-electron chi connectivity index (χ2n) is 5.54. The number of nitrogens with one attached hydrogen (secondary N) is 1. The van der Waals surface area contributed by atoms with Crippen LogP contribution in [0.4, 0.5) is 8.78 Å². The summed E-state index contributed by atoms with van der Waals surface area (Å²) < 4.78 is 36.2. The molecule has 0 bridgehead atoms. The summed E-state index contributed by atoms with van der Waals surface area (Å²) in [6, 6.07) is 11.1. The van der Waals surface area contributed by atoms with Crippen molar-refractivity contribution < 1.29 is 13.5 Å². The minimum absolute atomic E-state index is 0.124. The van der Waals surface area contributed by atoms with Gasteiger partial charge in [-0.05, 0) is 49.3 Å². The van der Waals surface area contributed by atoms with E-state index in [1.165, 1.54) is 37.3 Å². The highest BCUT2D eigenvalue weighted by Crippen LogP contribution is 2.41. The Hall–Kier alpha value is -2.02. The molecule has 0 aliphatic heterocycles. The van der Waals surface area contributed by atoms with Crippen molar-refractivity contribution in [1.82, 2.24) is 9.29 Å². The average molecular weight is 395 g/mol. The molecule has 0 saturated carbocycles. The predicted molar refractivity (Wildman–Crippen MR) is 102 cm³/mol. The fraction of sp³-hybridized carbons (Fsp3) is 0.158. The summed E-state index contributed by atoms with van der Waals surface area (Å²) >= 11 is 7.36. The molecule has 0 unspecified atom stereocenters. The molecule has 0 radical (unpaired) electrons. The zero-order chi connectivity index (χ0) is 18.7. The smallest absolute Gasteiger partial charge is 0.150 e. The summed E-state index contributed by atoms with van der Waals surface area (Å²) in [4.78, 5) is 0.837. The van der Waals surface area contributed by atoms with Crippen LogP contribution in [0.3, 0.4) is 0 Å². The fourth-order valence-corrected chi connectivity index (χ4v) is 3.96. The molecule has 0 spiro atoms. The van der Waals surface area contributed by atoms with Gasteiger partial charge in [0.15, 0.2) is 0 Å². The highest BCUT2D eigenvalue weighted by atomic mass is 35.5. The third-order valence-corrected chi connectivity index (χ3v) is 4.96. The summed E-state index contributed by atoms with van der Waals surface area (Å²) in [6.07, 6.45) is 1.81. The first-order valence-corrected chi connectivity index (χ1v) is 9.01. The Balaban J connectivity index is 2.20. The molecule has 3 rings (SSSR count). The molecule has 3 nitrogen and oxygen atoms in total. The predicted octanol–water partition coefficient (Wildman–Crippen LogP) is 5.37. The second kappa shape index (κ2) is 8.12. The Bertz CT molecular complexity index is 910. The maximum Gasteiger partial charge on any atom is 0.150 e. The van der Waals surface area contributed by atoms with Crippen molar-refractivity contribution in [3.63, 3.8) is 0 Å². The summed E-state index contributed by atoms with van der Waals surface area (Å²) in [6.45, 7) is 0.495. The van der Waals surface area contributed by atoms with E-state index in [0.717, 1.165) is 10.5 Å². The van der Waals surface area contributed by atoms with Gasteiger partial charge in [-0.2, -0.15) is 0 Å². The van der Waals surface area contributed by atoms with Crippen molar-refractivity contribution in [2.24, 2.45) is 0 Å². The van der Waals surface area contributed by atoms with Gasteiger partial charge in [-0.15, -0.1) is 0 Å². The fourth-order valence-electron chi connectivity index (χ4n) is 2.72. The number of ether oxygens (including phenoxy) is 1. The normalized spacial score (nSPS) is 11.0. The lowest BCUT2D eigenvalue weighted by Gasteiger charge is -2.12. The van der Waals surface area contributed by atoms with Crippen LogP contribution in [-0.4, -0.2) is 18.1 Å². The van der Waals surface area contributed by atoms with Crippen molar-refractivity contribution in [2.45, 2.75) is 11.4 Å². The number of methoxy groups -OCH3 is 1. The zero-order valence-electron chi connectivity index (χ0n) is 14.2. The van der Waals surface area contributed by atoms with E-state index in [-0.39, 0.29) is 5.56 Å². The molecule has 1 N–H and O–H groups in total. The topological polar surface area (TPSA) is 26.2 Å². The largest absolute Gasteiger partial charge is 0.494 e. The van der Waals surface area contributed by atoms with Gasteiger partial charge in [0.25, 0.3) is 0 Å². The minimum atomic E-state index is -0.648. The molecule has 7 heteroatoms. The van der Waals surface area contributed by atoms with Crippen LogP contribution in [0.5, 0.6) is 5.75 Å². The van der Waals surface area contributed by atoms with Crippen LogP contribution in [-0.2, 0) is 6.54 Å². The third kappa shape index (κ3) is 3.72. The molecule has 0 aliphatic rings. The summed E-state index contributed by atoms with van der Waals surface area (Å²) in [7, 11) is 3.29. The van der Waals surface area contributed by atoms with Gasteiger partial charge in [0, 0.05) is 28.2 Å². The first-order valence-electron chi connectivity index (χ1n) is 7.86. The van der Waals surface area contributed by atoms with E-state index >= 15 is 0 Å². The molecule has 3 aromatic rings. The van der Waals surface area contributed by atoms with Gasteiger partial charge in [-0.25, -0.2) is 8.78 Å². The quantitative estimate of drug-likeness (QED) is 0.608. The average Bonchev–Trinajstić information content (AvgIpc) is 2.92. The van der Waals surface area contributed by atoms with E-state index in [2.05, 4.69) is 5.32 Å². The summed E-state index contributed by atoms with van der Waals surface area (Å²) in [5, 5.41) is 3.63. The molecular weight excluding hydrogens is 378 g/mol. The van der Waals surface area contributed by atoms with Crippen molar-refractivity contribution >= 4 is 23.5 Å². The maximum absolute atomic E-state index is 14.5. The number of rotatable bonds is 6. The van der Waals surface area contributed by atoms with Crippen LogP contribution in [0.1, 0.15) is 5.56 Å². The monoisotopic (exact) mass is 394 g/mol. The van der Waals surface area contributed by atoms with Crippen LogP contribution in [0, 0.1) is 11.6 Å². The van der Waals surface area contributed by atoms with Gasteiger partial charge in [0.1, 0.15) is 23.1 Å². The molecule has 1 heterocycles. The van der Waals surface area contributed by atoms with E-state index in [1.807, 2.05) is 18.3 Å². The van der Waals surface area contributed by atoms with E-state index < -0.39 is 11.6 Å².